The van der Waals surface area contributed by atoms with Crippen LogP contribution in [0.4, 0.5) is 14.5 Å². The molecule has 0 saturated carbocycles. The molecule has 1 aliphatic heterocycles. The van der Waals surface area contributed by atoms with Crippen LogP contribution in [-0.2, 0) is 14.3 Å². The number of nitrogens with one attached hydrogen (secondary N) is 1. The smallest absolute Gasteiger partial charge is 0.337 e. The SMILES string of the molecule is COC(=O)C1=C(Nc2cc(F)c(C#N)c(F)c2)C(=O)N(CCO)C1. The Balaban J connectivity index is 2.39. The number of amides is 1. The summed E-state index contributed by atoms with van der Waals surface area (Å²) < 4.78 is 31.9. The number of rotatable bonds is 5. The van der Waals surface area contributed by atoms with Crippen molar-refractivity contribution in [3.05, 3.63) is 40.6 Å². The van der Waals surface area contributed by atoms with Gasteiger partial charge in [0.2, 0.25) is 0 Å². The lowest BCUT2D eigenvalue weighted by molar-refractivity contribution is -0.136. The summed E-state index contributed by atoms with van der Waals surface area (Å²) in [5.41, 5.74) is -1.11. The molecule has 1 amide bonds. The molecule has 1 aromatic rings. The summed E-state index contributed by atoms with van der Waals surface area (Å²) in [7, 11) is 1.13. The zero-order valence-corrected chi connectivity index (χ0v) is 12.6. The van der Waals surface area contributed by atoms with E-state index in [9.17, 15) is 18.4 Å². The van der Waals surface area contributed by atoms with Crippen molar-refractivity contribution >= 4 is 17.6 Å². The molecule has 1 heterocycles. The molecule has 0 fully saturated rings. The standard InChI is InChI=1S/C15H13F2N3O4/c1-24-15(23)10-7-20(2-3-21)14(22)13(10)19-8-4-11(16)9(6-18)12(17)5-8/h4-5,19,21H,2-3,7H2,1H3. The summed E-state index contributed by atoms with van der Waals surface area (Å²) in [5.74, 6) is -3.59. The molecule has 0 atom stereocenters. The molecule has 2 N–H and O–H groups in total. The highest BCUT2D eigenvalue weighted by Gasteiger charge is 2.34. The van der Waals surface area contributed by atoms with E-state index in [1.54, 1.807) is 0 Å². The monoisotopic (exact) mass is 337 g/mol. The highest BCUT2D eigenvalue weighted by Crippen LogP contribution is 2.25. The van der Waals surface area contributed by atoms with Crippen molar-refractivity contribution in [3.8, 4) is 6.07 Å². The number of carbonyl (C=O) groups excluding carboxylic acids is 2. The quantitative estimate of drug-likeness (QED) is 0.759. The van der Waals surface area contributed by atoms with Gasteiger partial charge in [0, 0.05) is 12.2 Å². The Morgan fingerprint density at radius 2 is 2.08 bits per heavy atom. The van der Waals surface area contributed by atoms with Crippen molar-refractivity contribution < 1.29 is 28.2 Å². The van der Waals surface area contributed by atoms with Crippen molar-refractivity contribution in [2.45, 2.75) is 0 Å². The number of esters is 1. The van der Waals surface area contributed by atoms with Crippen LogP contribution >= 0.6 is 0 Å². The lowest BCUT2D eigenvalue weighted by Gasteiger charge is -2.15. The third-order valence-corrected chi connectivity index (χ3v) is 3.38. The molecule has 7 nitrogen and oxygen atoms in total. The summed E-state index contributed by atoms with van der Waals surface area (Å²) in [6, 6.07) is 3.06. The zero-order chi connectivity index (χ0) is 17.9. The van der Waals surface area contributed by atoms with Gasteiger partial charge in [-0.1, -0.05) is 0 Å². The van der Waals surface area contributed by atoms with Crippen LogP contribution in [0.25, 0.3) is 0 Å². The minimum absolute atomic E-state index is 0.0133. The number of anilines is 1. The lowest BCUT2D eigenvalue weighted by Crippen LogP contribution is -2.31. The van der Waals surface area contributed by atoms with E-state index in [0.717, 1.165) is 19.2 Å². The third kappa shape index (κ3) is 3.18. The Morgan fingerprint density at radius 3 is 2.58 bits per heavy atom. The second-order valence-corrected chi connectivity index (χ2v) is 4.85. The number of β-amino-alcohol motifs (C(OH)–C–C–N with tert-alkyl or cyclic N) is 1. The van der Waals surface area contributed by atoms with Crippen LogP contribution in [0.2, 0.25) is 0 Å². The summed E-state index contributed by atoms with van der Waals surface area (Å²) in [5, 5.41) is 20.1. The van der Waals surface area contributed by atoms with Gasteiger partial charge in [0.25, 0.3) is 5.91 Å². The van der Waals surface area contributed by atoms with E-state index in [-0.39, 0.29) is 36.7 Å². The van der Waals surface area contributed by atoms with Gasteiger partial charge in [-0.15, -0.1) is 0 Å². The highest BCUT2D eigenvalue weighted by molar-refractivity contribution is 6.08. The summed E-state index contributed by atoms with van der Waals surface area (Å²) in [6.07, 6.45) is 0. The minimum atomic E-state index is -1.10. The Labute approximate surface area is 135 Å². The molecule has 2 rings (SSSR count). The molecular formula is C15H13F2N3O4. The maximum Gasteiger partial charge on any atom is 0.337 e. The van der Waals surface area contributed by atoms with Crippen LogP contribution in [0.15, 0.2) is 23.4 Å². The van der Waals surface area contributed by atoms with Gasteiger partial charge in [0.1, 0.15) is 29.0 Å². The Hall–Kier alpha value is -2.99. The number of nitrogens with zero attached hydrogens (tertiary/aromatic N) is 2. The number of ether oxygens (including phenoxy) is 1. The maximum atomic E-state index is 13.7. The van der Waals surface area contributed by atoms with Gasteiger partial charge in [0.05, 0.1) is 25.8 Å². The number of hydrogen-bond donors (Lipinski definition) is 2. The summed E-state index contributed by atoms with van der Waals surface area (Å²) in [6.45, 7) is -0.427. The van der Waals surface area contributed by atoms with E-state index >= 15 is 0 Å². The van der Waals surface area contributed by atoms with Gasteiger partial charge in [-0.25, -0.2) is 13.6 Å². The minimum Gasteiger partial charge on any atom is -0.466 e. The van der Waals surface area contributed by atoms with E-state index < -0.39 is 29.1 Å². The average molecular weight is 337 g/mol. The van der Waals surface area contributed by atoms with E-state index in [0.29, 0.717) is 0 Å². The zero-order valence-electron chi connectivity index (χ0n) is 12.6. The van der Waals surface area contributed by atoms with Crippen molar-refractivity contribution in [1.29, 1.82) is 5.26 Å². The molecule has 0 radical (unpaired) electrons. The largest absolute Gasteiger partial charge is 0.466 e. The van der Waals surface area contributed by atoms with Crippen LogP contribution in [0.3, 0.4) is 0 Å². The molecule has 1 aromatic carbocycles. The maximum absolute atomic E-state index is 13.7. The fourth-order valence-electron chi connectivity index (χ4n) is 2.25. The van der Waals surface area contributed by atoms with Crippen LogP contribution in [0, 0.1) is 23.0 Å². The molecule has 0 bridgehead atoms. The molecule has 24 heavy (non-hydrogen) atoms. The second kappa shape index (κ2) is 7.06. The van der Waals surface area contributed by atoms with E-state index in [2.05, 4.69) is 10.1 Å². The van der Waals surface area contributed by atoms with E-state index in [1.165, 1.54) is 11.0 Å². The normalized spacial score (nSPS) is 14.0. The number of aliphatic hydroxyl groups excluding tert-OH is 1. The van der Waals surface area contributed by atoms with Gasteiger partial charge >= 0.3 is 5.97 Å². The molecular weight excluding hydrogens is 324 g/mol. The van der Waals surface area contributed by atoms with Crippen molar-refractivity contribution in [2.24, 2.45) is 0 Å². The van der Waals surface area contributed by atoms with Gasteiger partial charge in [-0.05, 0) is 12.1 Å². The number of benzene rings is 1. The number of halogens is 2. The fraction of sp³-hybridized carbons (Fsp3) is 0.267. The predicted molar refractivity (Wildman–Crippen MR) is 77.4 cm³/mol. The number of methoxy groups -OCH3 is 1. The second-order valence-electron chi connectivity index (χ2n) is 4.85. The Morgan fingerprint density at radius 1 is 1.46 bits per heavy atom. The first kappa shape index (κ1) is 17.4. The van der Waals surface area contributed by atoms with Crippen LogP contribution < -0.4 is 5.32 Å². The molecule has 0 spiro atoms. The van der Waals surface area contributed by atoms with Gasteiger partial charge < -0.3 is 20.1 Å². The molecule has 0 unspecified atom stereocenters. The Bertz CT molecular complexity index is 747. The van der Waals surface area contributed by atoms with Crippen LogP contribution in [-0.4, -0.2) is 48.7 Å². The van der Waals surface area contributed by atoms with Crippen molar-refractivity contribution in [2.75, 3.05) is 32.1 Å². The highest BCUT2D eigenvalue weighted by atomic mass is 19.1. The van der Waals surface area contributed by atoms with Crippen molar-refractivity contribution in [1.82, 2.24) is 4.90 Å². The van der Waals surface area contributed by atoms with E-state index in [4.69, 9.17) is 10.4 Å². The third-order valence-electron chi connectivity index (χ3n) is 3.38. The predicted octanol–water partition coefficient (Wildman–Crippen LogP) is 0.510. The first-order valence-corrected chi connectivity index (χ1v) is 6.80. The van der Waals surface area contributed by atoms with Crippen molar-refractivity contribution in [3.63, 3.8) is 0 Å². The fourth-order valence-corrected chi connectivity index (χ4v) is 2.25. The molecule has 0 saturated heterocycles. The topological polar surface area (TPSA) is 103 Å². The van der Waals surface area contributed by atoms with Gasteiger partial charge in [-0.3, -0.25) is 4.79 Å². The van der Waals surface area contributed by atoms with Gasteiger partial charge in [-0.2, -0.15) is 5.26 Å². The number of nitriles is 1. The number of aliphatic hydroxyl groups is 1. The number of hydrogen-bond acceptors (Lipinski definition) is 6. The Kier molecular flexibility index (Phi) is 5.11. The molecule has 1 aliphatic rings. The van der Waals surface area contributed by atoms with Gasteiger partial charge in [0.15, 0.2) is 0 Å². The van der Waals surface area contributed by atoms with Crippen LogP contribution in [0.1, 0.15) is 5.56 Å². The lowest BCUT2D eigenvalue weighted by atomic mass is 10.1. The summed E-state index contributed by atoms with van der Waals surface area (Å²) in [4.78, 5) is 25.2. The average Bonchev–Trinajstić information content (AvgIpc) is 2.84. The molecule has 0 aromatic heterocycles. The first-order valence-electron chi connectivity index (χ1n) is 6.80. The first-order chi connectivity index (χ1) is 11.4. The van der Waals surface area contributed by atoms with E-state index in [1.807, 2.05) is 0 Å². The molecule has 9 heteroatoms. The molecule has 0 aliphatic carbocycles. The summed E-state index contributed by atoms with van der Waals surface area (Å²) >= 11 is 0. The number of carbonyl (C=O) groups is 2. The van der Waals surface area contributed by atoms with Crippen LogP contribution in [0.5, 0.6) is 0 Å². The molecule has 126 valence electrons.